The standard InChI is InChI=1S/C14H18N4O2/c1-17(2)8-9-18(3)13-10-6-4-5-7-11(10)15-12(16-13)14(19)20/h4-7H,8-9H2,1-3H3,(H,19,20). The summed E-state index contributed by atoms with van der Waals surface area (Å²) in [5.41, 5.74) is 0.645. The number of hydrogen-bond acceptors (Lipinski definition) is 5. The molecular weight excluding hydrogens is 256 g/mol. The average molecular weight is 274 g/mol. The van der Waals surface area contributed by atoms with E-state index >= 15 is 0 Å². The van der Waals surface area contributed by atoms with E-state index in [2.05, 4.69) is 14.9 Å². The number of benzene rings is 1. The molecule has 6 heteroatoms. The van der Waals surface area contributed by atoms with E-state index in [9.17, 15) is 4.79 Å². The van der Waals surface area contributed by atoms with Crippen LogP contribution < -0.4 is 4.90 Å². The summed E-state index contributed by atoms with van der Waals surface area (Å²) in [4.78, 5) is 23.4. The molecule has 20 heavy (non-hydrogen) atoms. The van der Waals surface area contributed by atoms with Crippen molar-refractivity contribution >= 4 is 22.7 Å². The van der Waals surface area contributed by atoms with Gasteiger partial charge >= 0.3 is 5.97 Å². The average Bonchev–Trinajstić information content (AvgIpc) is 2.43. The summed E-state index contributed by atoms with van der Waals surface area (Å²) in [6, 6.07) is 7.44. The molecule has 1 aromatic heterocycles. The highest BCUT2D eigenvalue weighted by Gasteiger charge is 2.15. The highest BCUT2D eigenvalue weighted by atomic mass is 16.4. The highest BCUT2D eigenvalue weighted by molar-refractivity contribution is 5.93. The highest BCUT2D eigenvalue weighted by Crippen LogP contribution is 2.22. The lowest BCUT2D eigenvalue weighted by atomic mass is 10.2. The quantitative estimate of drug-likeness (QED) is 0.887. The normalized spacial score (nSPS) is 11.0. The maximum absolute atomic E-state index is 11.1. The van der Waals surface area contributed by atoms with Crippen LogP contribution in [0.4, 0.5) is 5.82 Å². The van der Waals surface area contributed by atoms with Gasteiger partial charge in [0.15, 0.2) is 0 Å². The minimum Gasteiger partial charge on any atom is -0.475 e. The first kappa shape index (κ1) is 14.2. The van der Waals surface area contributed by atoms with Crippen LogP contribution in [-0.2, 0) is 0 Å². The SMILES string of the molecule is CN(C)CCN(C)c1nc(C(=O)O)nc2ccccc12. The lowest BCUT2D eigenvalue weighted by Crippen LogP contribution is -2.29. The van der Waals surface area contributed by atoms with Gasteiger partial charge in [0.1, 0.15) is 5.82 Å². The molecule has 2 rings (SSSR count). The number of carbonyl (C=O) groups is 1. The third-order valence-electron chi connectivity index (χ3n) is 3.02. The van der Waals surface area contributed by atoms with E-state index in [1.54, 1.807) is 6.07 Å². The molecule has 1 aromatic carbocycles. The maximum Gasteiger partial charge on any atom is 0.374 e. The van der Waals surface area contributed by atoms with Crippen LogP contribution in [0.3, 0.4) is 0 Å². The Hall–Kier alpha value is -2.21. The summed E-state index contributed by atoms with van der Waals surface area (Å²) in [6.07, 6.45) is 0. The van der Waals surface area contributed by atoms with Gasteiger partial charge in [0.25, 0.3) is 0 Å². The Morgan fingerprint density at radius 1 is 1.15 bits per heavy atom. The lowest BCUT2D eigenvalue weighted by molar-refractivity contribution is 0.0684. The molecule has 6 nitrogen and oxygen atoms in total. The van der Waals surface area contributed by atoms with Crippen molar-refractivity contribution in [3.8, 4) is 0 Å². The molecule has 0 aliphatic carbocycles. The van der Waals surface area contributed by atoms with Crippen molar-refractivity contribution in [2.75, 3.05) is 39.1 Å². The molecule has 0 amide bonds. The summed E-state index contributed by atoms with van der Waals surface area (Å²) >= 11 is 0. The Bertz CT molecular complexity index is 628. The minimum atomic E-state index is -1.11. The molecular formula is C14H18N4O2. The Kier molecular flexibility index (Phi) is 4.14. The van der Waals surface area contributed by atoms with E-state index in [0.29, 0.717) is 11.3 Å². The molecule has 2 aromatic rings. The van der Waals surface area contributed by atoms with Crippen molar-refractivity contribution in [1.82, 2.24) is 14.9 Å². The predicted octanol–water partition coefficient (Wildman–Crippen LogP) is 1.33. The number of anilines is 1. The number of carboxylic acid groups (broad SMARTS) is 1. The molecule has 1 N–H and O–H groups in total. The molecule has 0 spiro atoms. The second-order valence-corrected chi connectivity index (χ2v) is 4.92. The van der Waals surface area contributed by atoms with Crippen LogP contribution in [0, 0.1) is 0 Å². The van der Waals surface area contributed by atoms with Gasteiger partial charge in [-0.05, 0) is 26.2 Å². The first-order chi connectivity index (χ1) is 9.49. The molecule has 0 saturated carbocycles. The van der Waals surface area contributed by atoms with Crippen LogP contribution in [-0.4, -0.2) is 60.2 Å². The van der Waals surface area contributed by atoms with Crippen molar-refractivity contribution in [3.05, 3.63) is 30.1 Å². The zero-order valence-electron chi connectivity index (χ0n) is 11.9. The fourth-order valence-electron chi connectivity index (χ4n) is 1.90. The molecule has 1 heterocycles. The fraction of sp³-hybridized carbons (Fsp3) is 0.357. The van der Waals surface area contributed by atoms with Crippen LogP contribution in [0.25, 0.3) is 10.9 Å². The predicted molar refractivity (Wildman–Crippen MR) is 78.3 cm³/mol. The summed E-state index contributed by atoms with van der Waals surface area (Å²) in [7, 11) is 5.90. The van der Waals surface area contributed by atoms with E-state index in [0.717, 1.165) is 18.5 Å². The van der Waals surface area contributed by atoms with Gasteiger partial charge in [-0.15, -0.1) is 0 Å². The van der Waals surface area contributed by atoms with Crippen LogP contribution >= 0.6 is 0 Å². The molecule has 106 valence electrons. The summed E-state index contributed by atoms with van der Waals surface area (Å²) in [5.74, 6) is -0.636. The molecule has 0 bridgehead atoms. The van der Waals surface area contributed by atoms with Crippen LogP contribution in [0.15, 0.2) is 24.3 Å². The molecule has 0 fully saturated rings. The number of aromatic carboxylic acids is 1. The second-order valence-electron chi connectivity index (χ2n) is 4.92. The molecule has 0 atom stereocenters. The van der Waals surface area contributed by atoms with Crippen molar-refractivity contribution in [2.24, 2.45) is 0 Å². The van der Waals surface area contributed by atoms with Crippen LogP contribution in [0.1, 0.15) is 10.6 Å². The zero-order valence-corrected chi connectivity index (χ0v) is 11.9. The number of carboxylic acids is 1. The van der Waals surface area contributed by atoms with Gasteiger partial charge in [0, 0.05) is 25.5 Å². The number of rotatable bonds is 5. The maximum atomic E-state index is 11.1. The van der Waals surface area contributed by atoms with Gasteiger partial charge in [-0.25, -0.2) is 14.8 Å². The minimum absolute atomic E-state index is 0.171. The fourth-order valence-corrected chi connectivity index (χ4v) is 1.90. The topological polar surface area (TPSA) is 69.6 Å². The van der Waals surface area contributed by atoms with E-state index in [4.69, 9.17) is 5.11 Å². The van der Waals surface area contributed by atoms with E-state index < -0.39 is 5.97 Å². The van der Waals surface area contributed by atoms with Crippen LogP contribution in [0.5, 0.6) is 0 Å². The van der Waals surface area contributed by atoms with E-state index in [1.165, 1.54) is 0 Å². The zero-order chi connectivity index (χ0) is 14.7. The third-order valence-corrected chi connectivity index (χ3v) is 3.02. The van der Waals surface area contributed by atoms with Gasteiger partial charge in [-0.3, -0.25) is 0 Å². The monoisotopic (exact) mass is 274 g/mol. The van der Waals surface area contributed by atoms with Crippen LogP contribution in [0.2, 0.25) is 0 Å². The number of para-hydroxylation sites is 1. The van der Waals surface area contributed by atoms with Crippen molar-refractivity contribution < 1.29 is 9.90 Å². The Labute approximate surface area is 117 Å². The number of nitrogens with zero attached hydrogens (tertiary/aromatic N) is 4. The summed E-state index contributed by atoms with van der Waals surface area (Å²) in [6.45, 7) is 1.62. The van der Waals surface area contributed by atoms with Gasteiger partial charge in [0.05, 0.1) is 5.52 Å². The van der Waals surface area contributed by atoms with Crippen molar-refractivity contribution in [2.45, 2.75) is 0 Å². The summed E-state index contributed by atoms with van der Waals surface area (Å²) < 4.78 is 0. The van der Waals surface area contributed by atoms with Gasteiger partial charge in [-0.2, -0.15) is 0 Å². The second kappa shape index (κ2) is 5.83. The third kappa shape index (κ3) is 3.03. The van der Waals surface area contributed by atoms with E-state index in [-0.39, 0.29) is 5.82 Å². The Morgan fingerprint density at radius 3 is 2.50 bits per heavy atom. The van der Waals surface area contributed by atoms with Gasteiger partial charge in [0.2, 0.25) is 5.82 Å². The molecule has 0 aliphatic heterocycles. The molecule has 0 aliphatic rings. The number of likely N-dealkylation sites (N-methyl/N-ethyl adjacent to an activating group) is 2. The summed E-state index contributed by atoms with van der Waals surface area (Å²) in [5, 5.41) is 9.98. The van der Waals surface area contributed by atoms with Crippen molar-refractivity contribution in [3.63, 3.8) is 0 Å². The first-order valence-electron chi connectivity index (χ1n) is 6.35. The van der Waals surface area contributed by atoms with Gasteiger partial charge < -0.3 is 14.9 Å². The van der Waals surface area contributed by atoms with Crippen molar-refractivity contribution in [1.29, 1.82) is 0 Å². The number of aromatic nitrogens is 2. The molecule has 0 unspecified atom stereocenters. The lowest BCUT2D eigenvalue weighted by Gasteiger charge is -2.22. The largest absolute Gasteiger partial charge is 0.475 e. The number of hydrogen-bond donors (Lipinski definition) is 1. The number of fused-ring (bicyclic) bond motifs is 1. The molecule has 0 radical (unpaired) electrons. The Balaban J connectivity index is 2.46. The van der Waals surface area contributed by atoms with Gasteiger partial charge in [-0.1, -0.05) is 12.1 Å². The first-order valence-corrected chi connectivity index (χ1v) is 6.35. The smallest absolute Gasteiger partial charge is 0.374 e. The molecule has 0 saturated heterocycles. The Morgan fingerprint density at radius 2 is 1.85 bits per heavy atom. The van der Waals surface area contributed by atoms with E-state index in [1.807, 2.05) is 44.2 Å².